The van der Waals surface area contributed by atoms with Gasteiger partial charge < -0.3 is 24.6 Å². The number of amides is 1. The molecule has 1 heterocycles. The van der Waals surface area contributed by atoms with Crippen LogP contribution in [0.5, 0.6) is 11.5 Å². The number of quaternary nitrogens is 2. The first-order valence-electron chi connectivity index (χ1n) is 11.3. The van der Waals surface area contributed by atoms with Gasteiger partial charge in [-0.05, 0) is 37.6 Å². The lowest BCUT2D eigenvalue weighted by Gasteiger charge is -2.28. The summed E-state index contributed by atoms with van der Waals surface area (Å²) in [4.78, 5) is 15.5. The zero-order valence-electron chi connectivity index (χ0n) is 18.7. The Morgan fingerprint density at radius 3 is 2.32 bits per heavy atom. The molecule has 0 bridgehead atoms. The molecular formula is C25H35N3O3+2. The first-order valence-corrected chi connectivity index (χ1v) is 11.3. The summed E-state index contributed by atoms with van der Waals surface area (Å²) in [5.74, 6) is 1.40. The average molecular weight is 426 g/mol. The van der Waals surface area contributed by atoms with E-state index in [-0.39, 0.29) is 5.91 Å². The highest BCUT2D eigenvalue weighted by atomic mass is 16.5. The first kappa shape index (κ1) is 22.8. The van der Waals surface area contributed by atoms with Crippen LogP contribution in [0.4, 0.5) is 5.69 Å². The van der Waals surface area contributed by atoms with Crippen LogP contribution >= 0.6 is 0 Å². The standard InChI is InChI=1S/C25H33N3O3/c1-3-30-23-13-12-22(19-24(23)31-4-2)26-25(29)20-28-17-15-27(16-18-28)14-8-11-21-9-6-5-7-10-21/h5-13,19H,3-4,14-18,20H2,1-2H3,(H,26,29)/p+2/b11-8+. The molecule has 166 valence electrons. The molecule has 3 N–H and O–H groups in total. The van der Waals surface area contributed by atoms with E-state index in [0.717, 1.165) is 38.4 Å². The van der Waals surface area contributed by atoms with Crippen LogP contribution in [-0.4, -0.2) is 58.4 Å². The third kappa shape index (κ3) is 7.42. The van der Waals surface area contributed by atoms with Gasteiger partial charge in [-0.1, -0.05) is 36.4 Å². The Bertz CT molecular complexity index is 846. The van der Waals surface area contributed by atoms with Gasteiger partial charge in [0.1, 0.15) is 26.2 Å². The molecule has 0 aliphatic carbocycles. The Morgan fingerprint density at radius 1 is 0.935 bits per heavy atom. The number of piperazine rings is 1. The van der Waals surface area contributed by atoms with Crippen LogP contribution in [0.15, 0.2) is 54.6 Å². The summed E-state index contributed by atoms with van der Waals surface area (Å²) in [6, 6.07) is 15.9. The summed E-state index contributed by atoms with van der Waals surface area (Å²) in [6.07, 6.45) is 4.44. The van der Waals surface area contributed by atoms with Gasteiger partial charge in [-0.25, -0.2) is 0 Å². The van der Waals surface area contributed by atoms with E-state index in [2.05, 4.69) is 41.7 Å². The minimum atomic E-state index is 0.0361. The van der Waals surface area contributed by atoms with Gasteiger partial charge in [-0.3, -0.25) is 4.79 Å². The van der Waals surface area contributed by atoms with Gasteiger partial charge in [-0.15, -0.1) is 0 Å². The third-order valence-electron chi connectivity index (χ3n) is 5.42. The van der Waals surface area contributed by atoms with Gasteiger partial charge >= 0.3 is 0 Å². The van der Waals surface area contributed by atoms with Crippen molar-refractivity contribution in [2.45, 2.75) is 13.8 Å². The molecule has 0 unspecified atom stereocenters. The molecular weight excluding hydrogens is 390 g/mol. The van der Waals surface area contributed by atoms with Crippen LogP contribution in [0.3, 0.4) is 0 Å². The van der Waals surface area contributed by atoms with Crippen molar-refractivity contribution >= 4 is 17.7 Å². The first-order chi connectivity index (χ1) is 15.2. The molecule has 1 saturated heterocycles. The molecule has 31 heavy (non-hydrogen) atoms. The molecule has 1 amide bonds. The lowest BCUT2D eigenvalue weighted by atomic mass is 10.2. The highest BCUT2D eigenvalue weighted by Crippen LogP contribution is 2.30. The van der Waals surface area contributed by atoms with Gasteiger partial charge in [-0.2, -0.15) is 0 Å². The topological polar surface area (TPSA) is 56.4 Å². The third-order valence-corrected chi connectivity index (χ3v) is 5.42. The van der Waals surface area contributed by atoms with Crippen LogP contribution in [0, 0.1) is 0 Å². The number of carbonyl (C=O) groups is 1. The fraction of sp³-hybridized carbons (Fsp3) is 0.400. The summed E-state index contributed by atoms with van der Waals surface area (Å²) in [5, 5.41) is 3.01. The highest BCUT2D eigenvalue weighted by molar-refractivity contribution is 5.91. The number of benzene rings is 2. The minimum Gasteiger partial charge on any atom is -0.490 e. The molecule has 2 aromatic carbocycles. The van der Waals surface area contributed by atoms with Crippen molar-refractivity contribution in [2.24, 2.45) is 0 Å². The molecule has 2 aromatic rings. The van der Waals surface area contributed by atoms with E-state index in [1.807, 2.05) is 38.1 Å². The smallest absolute Gasteiger partial charge is 0.279 e. The molecule has 1 fully saturated rings. The normalized spacial score (nSPS) is 18.6. The van der Waals surface area contributed by atoms with E-state index in [4.69, 9.17) is 9.47 Å². The highest BCUT2D eigenvalue weighted by Gasteiger charge is 2.24. The second kappa shape index (κ2) is 12.1. The monoisotopic (exact) mass is 425 g/mol. The number of nitrogens with one attached hydrogen (secondary N) is 3. The summed E-state index contributed by atoms with van der Waals surface area (Å²) >= 11 is 0. The molecule has 6 heteroatoms. The number of carbonyl (C=O) groups excluding carboxylic acids is 1. The van der Waals surface area contributed by atoms with Crippen molar-refractivity contribution in [3.63, 3.8) is 0 Å². The van der Waals surface area contributed by atoms with Crippen molar-refractivity contribution < 1.29 is 24.1 Å². The molecule has 6 nitrogen and oxygen atoms in total. The van der Waals surface area contributed by atoms with E-state index < -0.39 is 0 Å². The van der Waals surface area contributed by atoms with E-state index in [0.29, 0.717) is 31.3 Å². The molecule has 0 saturated carbocycles. The summed E-state index contributed by atoms with van der Waals surface area (Å²) < 4.78 is 11.2. The van der Waals surface area contributed by atoms with Gasteiger partial charge in [0.2, 0.25) is 0 Å². The fourth-order valence-electron chi connectivity index (χ4n) is 3.82. The van der Waals surface area contributed by atoms with Crippen molar-refractivity contribution in [2.75, 3.05) is 57.8 Å². The van der Waals surface area contributed by atoms with Gasteiger partial charge in [0, 0.05) is 11.8 Å². The zero-order chi connectivity index (χ0) is 21.9. The van der Waals surface area contributed by atoms with Crippen molar-refractivity contribution in [3.8, 4) is 11.5 Å². The maximum absolute atomic E-state index is 12.5. The van der Waals surface area contributed by atoms with E-state index in [9.17, 15) is 4.79 Å². The van der Waals surface area contributed by atoms with Crippen molar-refractivity contribution in [1.29, 1.82) is 0 Å². The maximum Gasteiger partial charge on any atom is 0.279 e. The average Bonchev–Trinajstić information content (AvgIpc) is 2.78. The zero-order valence-corrected chi connectivity index (χ0v) is 18.7. The van der Waals surface area contributed by atoms with Crippen LogP contribution in [0.1, 0.15) is 19.4 Å². The Balaban J connectivity index is 1.42. The second-order valence-corrected chi connectivity index (χ2v) is 7.77. The lowest BCUT2D eigenvalue weighted by Crippen LogP contribution is -3.28. The SMILES string of the molecule is CCOc1ccc(NC(=O)C[NH+]2CC[NH+](C/C=C/c3ccccc3)CC2)cc1OCC. The minimum absolute atomic E-state index is 0.0361. The predicted octanol–water partition coefficient (Wildman–Crippen LogP) is 0.919. The predicted molar refractivity (Wildman–Crippen MR) is 124 cm³/mol. The summed E-state index contributed by atoms with van der Waals surface area (Å²) in [5.41, 5.74) is 1.98. The quantitative estimate of drug-likeness (QED) is 0.531. The van der Waals surface area contributed by atoms with Gasteiger partial charge in [0.05, 0.1) is 19.8 Å². The van der Waals surface area contributed by atoms with Crippen LogP contribution in [0.25, 0.3) is 6.08 Å². The molecule has 0 spiro atoms. The van der Waals surface area contributed by atoms with Gasteiger partial charge in [0.25, 0.3) is 5.91 Å². The largest absolute Gasteiger partial charge is 0.490 e. The maximum atomic E-state index is 12.5. The van der Waals surface area contributed by atoms with E-state index in [1.54, 1.807) is 4.90 Å². The number of hydrogen-bond donors (Lipinski definition) is 3. The second-order valence-electron chi connectivity index (χ2n) is 7.77. The number of rotatable bonds is 10. The van der Waals surface area contributed by atoms with E-state index in [1.165, 1.54) is 10.5 Å². The number of anilines is 1. The summed E-state index contributed by atoms with van der Waals surface area (Å²) in [6.45, 7) is 10.7. The Hall–Kier alpha value is -2.83. The number of ether oxygens (including phenoxy) is 2. The van der Waals surface area contributed by atoms with E-state index >= 15 is 0 Å². The molecule has 0 atom stereocenters. The molecule has 0 radical (unpaired) electrons. The molecule has 0 aromatic heterocycles. The van der Waals surface area contributed by atoms with Crippen LogP contribution in [-0.2, 0) is 4.79 Å². The Kier molecular flexibility index (Phi) is 8.94. The Morgan fingerprint density at radius 2 is 1.61 bits per heavy atom. The fourth-order valence-corrected chi connectivity index (χ4v) is 3.82. The molecule has 1 aliphatic heterocycles. The van der Waals surface area contributed by atoms with Crippen molar-refractivity contribution in [1.82, 2.24) is 0 Å². The Labute approximate surface area is 185 Å². The lowest BCUT2D eigenvalue weighted by molar-refractivity contribution is -1.01. The summed E-state index contributed by atoms with van der Waals surface area (Å²) in [7, 11) is 0. The molecule has 1 aliphatic rings. The van der Waals surface area contributed by atoms with Crippen LogP contribution < -0.4 is 24.6 Å². The van der Waals surface area contributed by atoms with Gasteiger partial charge in [0.15, 0.2) is 18.0 Å². The van der Waals surface area contributed by atoms with Crippen LogP contribution in [0.2, 0.25) is 0 Å². The number of hydrogen-bond acceptors (Lipinski definition) is 3. The van der Waals surface area contributed by atoms with Crippen molar-refractivity contribution in [3.05, 3.63) is 60.2 Å². The molecule has 3 rings (SSSR count).